The number of morpholine rings is 1. The summed E-state index contributed by atoms with van der Waals surface area (Å²) in [6.07, 6.45) is 0.797. The summed E-state index contributed by atoms with van der Waals surface area (Å²) >= 11 is 6.50. The number of amides is 1. The van der Waals surface area contributed by atoms with Crippen LogP contribution in [-0.4, -0.2) is 66.4 Å². The minimum Gasteiger partial charge on any atom is -0.379 e. The Morgan fingerprint density at radius 1 is 1.07 bits per heavy atom. The molecule has 2 N–H and O–H groups in total. The number of carbonyl (C=O) groups excluding carboxylic acids is 1. The van der Waals surface area contributed by atoms with Crippen LogP contribution in [0, 0.1) is 5.92 Å². The first-order valence-electron chi connectivity index (χ1n) is 14.2. The molecule has 0 saturated carbocycles. The maximum atomic E-state index is 13.4. The Morgan fingerprint density at radius 3 is 2.55 bits per heavy atom. The standard InChI is InChI=1S/C32H36ClN5O2/c1-21(2)17-30(26-5-3-4-6-28(26)33)34-32(39)23-9-12-29-27(18-23)31(36-35-29)22-7-10-24(11-8-22)38-19-25(20-38)37-13-15-40-16-14-37/h3-12,18,21,25,30H,13-17,19-20H2,1-2H3,(H,34,39)(H,35,36)/t30-/m0/s1. The molecule has 0 aliphatic carbocycles. The average Bonchev–Trinajstić information content (AvgIpc) is 3.36. The van der Waals surface area contributed by atoms with E-state index in [1.54, 1.807) is 0 Å². The molecule has 2 saturated heterocycles. The van der Waals surface area contributed by atoms with Crippen molar-refractivity contribution >= 4 is 34.1 Å². The summed E-state index contributed by atoms with van der Waals surface area (Å²) in [4.78, 5) is 18.4. The Bertz CT molecular complexity index is 1470. The number of fused-ring (bicyclic) bond motifs is 1. The van der Waals surface area contributed by atoms with E-state index in [1.807, 2.05) is 42.5 Å². The minimum atomic E-state index is -0.169. The number of hydrogen-bond acceptors (Lipinski definition) is 5. The number of aromatic amines is 1. The Labute approximate surface area is 240 Å². The molecule has 0 spiro atoms. The van der Waals surface area contributed by atoms with Crippen molar-refractivity contribution in [1.29, 1.82) is 0 Å². The fraction of sp³-hybridized carbons (Fsp3) is 0.375. The number of ether oxygens (including phenoxy) is 1. The monoisotopic (exact) mass is 557 g/mol. The van der Waals surface area contributed by atoms with E-state index in [0.717, 1.165) is 73.5 Å². The van der Waals surface area contributed by atoms with E-state index < -0.39 is 0 Å². The SMILES string of the molecule is CC(C)C[C@H](NC(=O)c1ccc2[nH]nc(-c3ccc(N4CC(N5CCOCC5)C4)cc3)c2c1)c1ccccc1Cl. The predicted molar refractivity (Wildman–Crippen MR) is 161 cm³/mol. The maximum absolute atomic E-state index is 13.4. The molecule has 0 radical (unpaired) electrons. The number of H-pyrrole nitrogens is 1. The lowest BCUT2D eigenvalue weighted by molar-refractivity contribution is 0.0105. The molecule has 4 aromatic rings. The smallest absolute Gasteiger partial charge is 0.251 e. The number of anilines is 1. The number of rotatable bonds is 8. The second kappa shape index (κ2) is 11.6. The average molecular weight is 558 g/mol. The molecule has 0 unspecified atom stereocenters. The molecular weight excluding hydrogens is 522 g/mol. The van der Waals surface area contributed by atoms with Crippen molar-refractivity contribution in [2.45, 2.75) is 32.4 Å². The predicted octanol–water partition coefficient (Wildman–Crippen LogP) is 5.92. The van der Waals surface area contributed by atoms with Gasteiger partial charge < -0.3 is 15.0 Å². The highest BCUT2D eigenvalue weighted by Gasteiger charge is 2.32. The first kappa shape index (κ1) is 26.8. The van der Waals surface area contributed by atoms with Gasteiger partial charge >= 0.3 is 0 Å². The Balaban J connectivity index is 1.18. The lowest BCUT2D eigenvalue weighted by atomic mass is 9.96. The molecule has 1 aromatic heterocycles. The van der Waals surface area contributed by atoms with Gasteiger partial charge in [-0.1, -0.05) is 55.8 Å². The molecule has 2 fully saturated rings. The van der Waals surface area contributed by atoms with Crippen LogP contribution in [0.15, 0.2) is 66.7 Å². The zero-order valence-electron chi connectivity index (χ0n) is 23.1. The van der Waals surface area contributed by atoms with E-state index in [2.05, 4.69) is 63.4 Å². The zero-order valence-corrected chi connectivity index (χ0v) is 23.8. The van der Waals surface area contributed by atoms with Gasteiger partial charge in [0.1, 0.15) is 0 Å². The summed E-state index contributed by atoms with van der Waals surface area (Å²) in [7, 11) is 0. The second-order valence-corrected chi connectivity index (χ2v) is 11.7. The third kappa shape index (κ3) is 5.59. The van der Waals surface area contributed by atoms with E-state index in [-0.39, 0.29) is 11.9 Å². The van der Waals surface area contributed by atoms with Gasteiger partial charge in [0.25, 0.3) is 5.91 Å². The molecule has 1 amide bonds. The Hall–Kier alpha value is -3.39. The van der Waals surface area contributed by atoms with Crippen LogP contribution in [0.25, 0.3) is 22.2 Å². The van der Waals surface area contributed by atoms with Crippen LogP contribution >= 0.6 is 11.6 Å². The number of nitrogens with zero attached hydrogens (tertiary/aromatic N) is 3. The van der Waals surface area contributed by atoms with Gasteiger partial charge in [0.15, 0.2) is 0 Å². The fourth-order valence-electron chi connectivity index (χ4n) is 5.78. The van der Waals surface area contributed by atoms with E-state index in [9.17, 15) is 4.79 Å². The van der Waals surface area contributed by atoms with Gasteiger partial charge in [0.05, 0.1) is 30.5 Å². The van der Waals surface area contributed by atoms with E-state index in [1.165, 1.54) is 5.69 Å². The lowest BCUT2D eigenvalue weighted by Gasteiger charge is -2.47. The van der Waals surface area contributed by atoms with Crippen LogP contribution in [0.4, 0.5) is 5.69 Å². The fourth-order valence-corrected chi connectivity index (χ4v) is 6.05. The summed E-state index contributed by atoms with van der Waals surface area (Å²) < 4.78 is 5.49. The number of carbonyl (C=O) groups is 1. The van der Waals surface area contributed by atoms with Crippen molar-refractivity contribution in [2.75, 3.05) is 44.3 Å². The number of hydrogen-bond donors (Lipinski definition) is 2. The van der Waals surface area contributed by atoms with Crippen LogP contribution in [0.3, 0.4) is 0 Å². The molecule has 1 atom stereocenters. The first-order chi connectivity index (χ1) is 19.5. The molecule has 3 aromatic carbocycles. The first-order valence-corrected chi connectivity index (χ1v) is 14.5. The van der Waals surface area contributed by atoms with Gasteiger partial charge in [-0.2, -0.15) is 5.10 Å². The quantitative estimate of drug-likeness (QED) is 0.281. The van der Waals surface area contributed by atoms with Crippen molar-refractivity contribution in [3.05, 3.63) is 82.9 Å². The van der Waals surface area contributed by atoms with Crippen molar-refractivity contribution in [3.8, 4) is 11.3 Å². The molecule has 0 bridgehead atoms. The van der Waals surface area contributed by atoms with Crippen molar-refractivity contribution < 1.29 is 9.53 Å². The van der Waals surface area contributed by atoms with Crippen LogP contribution < -0.4 is 10.2 Å². The van der Waals surface area contributed by atoms with E-state index in [4.69, 9.17) is 16.3 Å². The number of nitrogens with one attached hydrogen (secondary N) is 2. The van der Waals surface area contributed by atoms with Crippen molar-refractivity contribution in [2.24, 2.45) is 5.92 Å². The van der Waals surface area contributed by atoms with Crippen molar-refractivity contribution in [3.63, 3.8) is 0 Å². The Kier molecular flexibility index (Phi) is 7.78. The lowest BCUT2D eigenvalue weighted by Crippen LogP contribution is -2.61. The molecule has 3 heterocycles. The molecule has 8 heteroatoms. The van der Waals surface area contributed by atoms with Gasteiger partial charge in [-0.25, -0.2) is 0 Å². The van der Waals surface area contributed by atoms with Gasteiger partial charge in [-0.3, -0.25) is 14.8 Å². The maximum Gasteiger partial charge on any atom is 0.251 e. The third-order valence-corrected chi connectivity index (χ3v) is 8.39. The molecule has 7 nitrogen and oxygen atoms in total. The van der Waals surface area contributed by atoms with Crippen LogP contribution in [-0.2, 0) is 4.74 Å². The normalized spacial score (nSPS) is 17.2. The second-order valence-electron chi connectivity index (χ2n) is 11.3. The summed E-state index contributed by atoms with van der Waals surface area (Å²) in [5.41, 5.74) is 5.53. The van der Waals surface area contributed by atoms with Gasteiger partial charge in [0.2, 0.25) is 0 Å². The van der Waals surface area contributed by atoms with Crippen LogP contribution in [0.5, 0.6) is 0 Å². The van der Waals surface area contributed by atoms with Gasteiger partial charge in [0, 0.05) is 59.4 Å². The largest absolute Gasteiger partial charge is 0.379 e. The Morgan fingerprint density at radius 2 is 1.82 bits per heavy atom. The summed E-state index contributed by atoms with van der Waals surface area (Å²) in [6.45, 7) is 10.1. The zero-order chi connectivity index (χ0) is 27.6. The van der Waals surface area contributed by atoms with Crippen LogP contribution in [0.1, 0.15) is 42.2 Å². The van der Waals surface area contributed by atoms with E-state index in [0.29, 0.717) is 22.5 Å². The molecule has 40 heavy (non-hydrogen) atoms. The van der Waals surface area contributed by atoms with Crippen molar-refractivity contribution in [1.82, 2.24) is 20.4 Å². The minimum absolute atomic E-state index is 0.123. The van der Waals surface area contributed by atoms with Crippen LogP contribution in [0.2, 0.25) is 5.02 Å². The number of aromatic nitrogens is 2. The molecule has 2 aliphatic rings. The third-order valence-electron chi connectivity index (χ3n) is 8.05. The summed E-state index contributed by atoms with van der Waals surface area (Å²) in [5.74, 6) is 0.275. The topological polar surface area (TPSA) is 73.5 Å². The van der Waals surface area contributed by atoms with Gasteiger partial charge in [-0.15, -0.1) is 0 Å². The van der Waals surface area contributed by atoms with E-state index >= 15 is 0 Å². The molecular formula is C32H36ClN5O2. The molecule has 6 rings (SSSR count). The number of halogens is 1. The highest BCUT2D eigenvalue weighted by atomic mass is 35.5. The highest BCUT2D eigenvalue weighted by molar-refractivity contribution is 6.31. The summed E-state index contributed by atoms with van der Waals surface area (Å²) in [6, 6.07) is 22.4. The highest BCUT2D eigenvalue weighted by Crippen LogP contribution is 2.32. The number of benzene rings is 3. The summed E-state index contributed by atoms with van der Waals surface area (Å²) in [5, 5.41) is 12.6. The molecule has 2 aliphatic heterocycles. The molecule has 208 valence electrons. The van der Waals surface area contributed by atoms with Gasteiger partial charge in [-0.05, 0) is 54.3 Å².